The standard InChI is InChI=1S/C15H17FN2OS/c1-8-5-12(20-10(8)3)7-18-15(19)13-6-11(17)4-9(2)14(13)16/h4-6H,7,17H2,1-3H3,(H,18,19). The molecule has 106 valence electrons. The fraction of sp³-hybridized carbons (Fsp3) is 0.267. The van der Waals surface area contributed by atoms with Gasteiger partial charge in [-0.3, -0.25) is 4.79 Å². The Labute approximate surface area is 121 Å². The maximum absolute atomic E-state index is 13.9. The molecule has 3 N–H and O–H groups in total. The van der Waals surface area contributed by atoms with Gasteiger partial charge in [0.15, 0.2) is 0 Å². The van der Waals surface area contributed by atoms with Gasteiger partial charge in [0.05, 0.1) is 12.1 Å². The van der Waals surface area contributed by atoms with Crippen molar-refractivity contribution in [2.75, 3.05) is 5.73 Å². The summed E-state index contributed by atoms with van der Waals surface area (Å²) >= 11 is 1.63. The SMILES string of the molecule is Cc1cc(CNC(=O)c2cc(N)cc(C)c2F)sc1C. The van der Waals surface area contributed by atoms with Crippen LogP contribution in [-0.2, 0) is 6.54 Å². The van der Waals surface area contributed by atoms with Gasteiger partial charge in [-0.2, -0.15) is 0 Å². The number of hydrogen-bond donors (Lipinski definition) is 2. The smallest absolute Gasteiger partial charge is 0.254 e. The molecular formula is C15H17FN2OS. The molecule has 0 spiro atoms. The molecule has 3 nitrogen and oxygen atoms in total. The minimum absolute atomic E-state index is 0.00694. The molecular weight excluding hydrogens is 275 g/mol. The molecule has 5 heteroatoms. The van der Waals surface area contributed by atoms with Crippen molar-refractivity contribution in [3.8, 4) is 0 Å². The second-order valence-corrected chi connectivity index (χ2v) is 6.17. The Hall–Kier alpha value is -1.88. The molecule has 2 rings (SSSR count). The van der Waals surface area contributed by atoms with Gasteiger partial charge in [-0.05, 0) is 50.1 Å². The summed E-state index contributed by atoms with van der Waals surface area (Å²) in [5.74, 6) is -0.961. The molecule has 0 unspecified atom stereocenters. The zero-order chi connectivity index (χ0) is 14.9. The zero-order valence-corrected chi connectivity index (χ0v) is 12.5. The lowest BCUT2D eigenvalue weighted by molar-refractivity contribution is 0.0947. The number of nitrogen functional groups attached to an aromatic ring is 1. The molecule has 2 aromatic rings. The predicted molar refractivity (Wildman–Crippen MR) is 80.5 cm³/mol. The Bertz CT molecular complexity index is 645. The van der Waals surface area contributed by atoms with E-state index in [0.717, 1.165) is 4.88 Å². The Balaban J connectivity index is 2.13. The number of carbonyl (C=O) groups excluding carboxylic acids is 1. The lowest BCUT2D eigenvalue weighted by atomic mass is 10.1. The van der Waals surface area contributed by atoms with Crippen molar-refractivity contribution >= 4 is 22.9 Å². The first-order chi connectivity index (χ1) is 9.38. The minimum Gasteiger partial charge on any atom is -0.399 e. The molecule has 0 aliphatic rings. The van der Waals surface area contributed by atoms with Crippen LogP contribution in [0.1, 0.15) is 31.2 Å². The van der Waals surface area contributed by atoms with Crippen molar-refractivity contribution in [2.45, 2.75) is 27.3 Å². The summed E-state index contributed by atoms with van der Waals surface area (Å²) in [6.45, 7) is 6.05. The van der Waals surface area contributed by atoms with Crippen LogP contribution in [0.5, 0.6) is 0 Å². The van der Waals surface area contributed by atoms with Crippen LogP contribution in [0.15, 0.2) is 18.2 Å². The minimum atomic E-state index is -0.518. The average Bonchev–Trinajstić information content (AvgIpc) is 2.70. The molecule has 0 atom stereocenters. The largest absolute Gasteiger partial charge is 0.399 e. The molecule has 0 radical (unpaired) electrons. The number of halogens is 1. The van der Waals surface area contributed by atoms with E-state index in [1.165, 1.54) is 22.6 Å². The fourth-order valence-electron chi connectivity index (χ4n) is 1.96. The zero-order valence-electron chi connectivity index (χ0n) is 11.7. The first-order valence-corrected chi connectivity index (χ1v) is 7.10. The molecule has 1 heterocycles. The van der Waals surface area contributed by atoms with E-state index in [2.05, 4.69) is 5.32 Å². The summed E-state index contributed by atoms with van der Waals surface area (Å²) in [7, 11) is 0. The quantitative estimate of drug-likeness (QED) is 0.853. The van der Waals surface area contributed by atoms with Crippen LogP contribution in [0.2, 0.25) is 0 Å². The number of aryl methyl sites for hydroxylation is 3. The van der Waals surface area contributed by atoms with E-state index < -0.39 is 11.7 Å². The molecule has 1 aromatic carbocycles. The number of hydrogen-bond acceptors (Lipinski definition) is 3. The number of nitrogens with two attached hydrogens (primary N) is 1. The predicted octanol–water partition coefficient (Wildman–Crippen LogP) is 3.32. The number of anilines is 1. The van der Waals surface area contributed by atoms with Crippen molar-refractivity contribution in [1.29, 1.82) is 0 Å². The highest BCUT2D eigenvalue weighted by Crippen LogP contribution is 2.21. The number of amides is 1. The number of nitrogens with one attached hydrogen (secondary N) is 1. The topological polar surface area (TPSA) is 55.1 Å². The van der Waals surface area contributed by atoms with Crippen LogP contribution in [0.25, 0.3) is 0 Å². The second kappa shape index (κ2) is 5.63. The van der Waals surface area contributed by atoms with E-state index in [0.29, 0.717) is 17.8 Å². The van der Waals surface area contributed by atoms with Gasteiger partial charge in [0, 0.05) is 15.4 Å². The number of thiophene rings is 1. The molecule has 0 bridgehead atoms. The van der Waals surface area contributed by atoms with Crippen molar-refractivity contribution in [1.82, 2.24) is 5.32 Å². The van der Waals surface area contributed by atoms with Gasteiger partial charge in [0.2, 0.25) is 0 Å². The summed E-state index contributed by atoms with van der Waals surface area (Å²) < 4.78 is 13.9. The Morgan fingerprint density at radius 1 is 1.25 bits per heavy atom. The number of benzene rings is 1. The van der Waals surface area contributed by atoms with Crippen LogP contribution in [-0.4, -0.2) is 5.91 Å². The summed E-state index contributed by atoms with van der Waals surface area (Å²) in [5, 5.41) is 2.73. The highest BCUT2D eigenvalue weighted by molar-refractivity contribution is 7.12. The fourth-order valence-corrected chi connectivity index (χ4v) is 2.96. The summed E-state index contributed by atoms with van der Waals surface area (Å²) in [6.07, 6.45) is 0. The van der Waals surface area contributed by atoms with E-state index in [-0.39, 0.29) is 5.56 Å². The Morgan fingerprint density at radius 3 is 2.55 bits per heavy atom. The second-order valence-electron chi connectivity index (χ2n) is 4.83. The molecule has 0 aliphatic heterocycles. The first-order valence-electron chi connectivity index (χ1n) is 6.28. The van der Waals surface area contributed by atoms with Gasteiger partial charge in [-0.25, -0.2) is 4.39 Å². The van der Waals surface area contributed by atoms with Gasteiger partial charge in [0.1, 0.15) is 5.82 Å². The van der Waals surface area contributed by atoms with E-state index in [4.69, 9.17) is 5.73 Å². The third-order valence-corrected chi connectivity index (χ3v) is 4.31. The third-order valence-electron chi connectivity index (χ3n) is 3.16. The highest BCUT2D eigenvalue weighted by atomic mass is 32.1. The van der Waals surface area contributed by atoms with E-state index in [1.807, 2.05) is 19.9 Å². The van der Waals surface area contributed by atoms with Crippen molar-refractivity contribution in [2.24, 2.45) is 0 Å². The molecule has 1 amide bonds. The van der Waals surface area contributed by atoms with Gasteiger partial charge < -0.3 is 11.1 Å². The maximum Gasteiger partial charge on any atom is 0.254 e. The Kier molecular flexibility index (Phi) is 4.09. The Morgan fingerprint density at radius 2 is 1.95 bits per heavy atom. The van der Waals surface area contributed by atoms with Gasteiger partial charge >= 0.3 is 0 Å². The van der Waals surface area contributed by atoms with Crippen LogP contribution in [0.3, 0.4) is 0 Å². The first kappa shape index (κ1) is 14.5. The lowest BCUT2D eigenvalue weighted by Crippen LogP contribution is -2.24. The van der Waals surface area contributed by atoms with E-state index >= 15 is 0 Å². The molecule has 1 aromatic heterocycles. The maximum atomic E-state index is 13.9. The molecule has 0 saturated carbocycles. The molecule has 0 aliphatic carbocycles. The molecule has 0 saturated heterocycles. The molecule has 0 fully saturated rings. The van der Waals surface area contributed by atoms with Crippen molar-refractivity contribution < 1.29 is 9.18 Å². The van der Waals surface area contributed by atoms with Crippen LogP contribution in [0, 0.1) is 26.6 Å². The van der Waals surface area contributed by atoms with Crippen LogP contribution in [0.4, 0.5) is 10.1 Å². The third kappa shape index (κ3) is 2.99. The van der Waals surface area contributed by atoms with Gasteiger partial charge in [-0.15, -0.1) is 11.3 Å². The molecule has 20 heavy (non-hydrogen) atoms. The van der Waals surface area contributed by atoms with E-state index in [9.17, 15) is 9.18 Å². The van der Waals surface area contributed by atoms with E-state index in [1.54, 1.807) is 18.3 Å². The average molecular weight is 292 g/mol. The van der Waals surface area contributed by atoms with Crippen molar-refractivity contribution in [3.05, 3.63) is 50.5 Å². The lowest BCUT2D eigenvalue weighted by Gasteiger charge is -2.08. The summed E-state index contributed by atoms with van der Waals surface area (Å²) in [4.78, 5) is 14.3. The highest BCUT2D eigenvalue weighted by Gasteiger charge is 2.14. The van der Waals surface area contributed by atoms with Crippen molar-refractivity contribution in [3.63, 3.8) is 0 Å². The number of carbonyl (C=O) groups is 1. The normalized spacial score (nSPS) is 10.6. The number of rotatable bonds is 3. The van der Waals surface area contributed by atoms with Crippen LogP contribution >= 0.6 is 11.3 Å². The summed E-state index contributed by atoms with van der Waals surface area (Å²) in [6, 6.07) is 4.90. The monoisotopic (exact) mass is 292 g/mol. The van der Waals surface area contributed by atoms with Gasteiger partial charge in [0.25, 0.3) is 5.91 Å². The van der Waals surface area contributed by atoms with Crippen LogP contribution < -0.4 is 11.1 Å². The summed E-state index contributed by atoms with van der Waals surface area (Å²) in [5.41, 5.74) is 7.60. The van der Waals surface area contributed by atoms with Gasteiger partial charge in [-0.1, -0.05) is 0 Å².